The Kier molecular flexibility index (Phi) is 5.24. The summed E-state index contributed by atoms with van der Waals surface area (Å²) in [6.07, 6.45) is 9.89. The van der Waals surface area contributed by atoms with Gasteiger partial charge in [-0.15, -0.1) is 11.3 Å². The van der Waals surface area contributed by atoms with Gasteiger partial charge in [0.1, 0.15) is 5.69 Å². The van der Waals surface area contributed by atoms with Gasteiger partial charge in [0.25, 0.3) is 0 Å². The molecule has 3 rings (SSSR count). The highest BCUT2D eigenvalue weighted by molar-refractivity contribution is 7.09. The topological polar surface area (TPSA) is 50.3 Å². The Morgan fingerprint density at radius 2 is 2.00 bits per heavy atom. The molecule has 0 aromatic carbocycles. The van der Waals surface area contributed by atoms with E-state index in [1.54, 1.807) is 11.3 Å². The molecule has 22 heavy (non-hydrogen) atoms. The van der Waals surface area contributed by atoms with Crippen LogP contribution in [0.5, 0.6) is 0 Å². The zero-order chi connectivity index (χ0) is 15.4. The van der Waals surface area contributed by atoms with E-state index in [1.807, 2.05) is 10.3 Å². The molecular weight excluding hydrogens is 296 g/mol. The molecule has 0 N–H and O–H groups in total. The molecule has 0 atom stereocenters. The van der Waals surface area contributed by atoms with Crippen LogP contribution in [-0.4, -0.2) is 35.2 Å². The van der Waals surface area contributed by atoms with Crippen molar-refractivity contribution < 1.29 is 9.59 Å². The Balaban J connectivity index is 1.44. The van der Waals surface area contributed by atoms with Crippen LogP contribution in [0.25, 0.3) is 0 Å². The predicted molar refractivity (Wildman–Crippen MR) is 87.2 cm³/mol. The number of thiazole rings is 1. The molecule has 0 radical (unpaired) electrons. The number of likely N-dealkylation sites (tertiary alicyclic amines) is 1. The highest BCUT2D eigenvalue weighted by atomic mass is 32.1. The number of hydrogen-bond donors (Lipinski definition) is 0. The van der Waals surface area contributed by atoms with Crippen molar-refractivity contribution in [1.82, 2.24) is 9.88 Å². The van der Waals surface area contributed by atoms with Gasteiger partial charge in [-0.1, -0.05) is 25.7 Å². The molecule has 2 aliphatic rings. The molecule has 5 heteroatoms. The van der Waals surface area contributed by atoms with Crippen LogP contribution in [0.2, 0.25) is 0 Å². The number of amides is 1. The monoisotopic (exact) mass is 320 g/mol. The van der Waals surface area contributed by atoms with Crippen molar-refractivity contribution in [2.75, 3.05) is 13.1 Å². The van der Waals surface area contributed by atoms with E-state index < -0.39 is 0 Å². The number of rotatable bonds is 5. The molecule has 1 amide bonds. The number of carbonyl (C=O) groups excluding carboxylic acids is 2. The third-order valence-electron chi connectivity index (χ3n) is 5.10. The zero-order valence-corrected chi connectivity index (χ0v) is 13.8. The van der Waals surface area contributed by atoms with Crippen LogP contribution in [0.4, 0.5) is 0 Å². The Morgan fingerprint density at radius 1 is 1.27 bits per heavy atom. The number of aromatic nitrogens is 1. The van der Waals surface area contributed by atoms with E-state index in [0.717, 1.165) is 56.0 Å². The first-order valence-corrected chi connectivity index (χ1v) is 9.32. The number of carbonyl (C=O) groups is 2. The average Bonchev–Trinajstić information content (AvgIpc) is 3.24. The van der Waals surface area contributed by atoms with E-state index in [1.165, 1.54) is 25.7 Å². The van der Waals surface area contributed by atoms with Gasteiger partial charge in [-0.3, -0.25) is 9.59 Å². The Labute approximate surface area is 135 Å². The van der Waals surface area contributed by atoms with E-state index in [-0.39, 0.29) is 0 Å². The first kappa shape index (κ1) is 15.7. The predicted octanol–water partition coefficient (Wildman–Crippen LogP) is 3.63. The molecule has 2 heterocycles. The third kappa shape index (κ3) is 3.75. The van der Waals surface area contributed by atoms with Gasteiger partial charge in [0.2, 0.25) is 5.91 Å². The van der Waals surface area contributed by atoms with E-state index >= 15 is 0 Å². The van der Waals surface area contributed by atoms with Crippen molar-refractivity contribution >= 4 is 23.5 Å². The van der Waals surface area contributed by atoms with Crippen LogP contribution in [-0.2, 0) is 4.79 Å². The van der Waals surface area contributed by atoms with Crippen LogP contribution < -0.4 is 0 Å². The van der Waals surface area contributed by atoms with Gasteiger partial charge in [0, 0.05) is 30.8 Å². The van der Waals surface area contributed by atoms with Crippen LogP contribution in [0.3, 0.4) is 0 Å². The SMILES string of the molecule is O=Cc1csc(C2CCN(C(=O)CCC3CCCC3)CC2)n1. The number of nitrogens with zero attached hydrogens (tertiary/aromatic N) is 2. The average molecular weight is 320 g/mol. The minimum atomic E-state index is 0.332. The van der Waals surface area contributed by atoms with Crippen molar-refractivity contribution in [3.63, 3.8) is 0 Å². The van der Waals surface area contributed by atoms with Gasteiger partial charge in [-0.25, -0.2) is 4.98 Å². The van der Waals surface area contributed by atoms with Crippen LogP contribution in [0.15, 0.2) is 5.38 Å². The molecule has 0 unspecified atom stereocenters. The molecule has 1 aromatic rings. The Morgan fingerprint density at radius 3 is 2.64 bits per heavy atom. The lowest BCUT2D eigenvalue weighted by molar-refractivity contribution is -0.132. The first-order valence-electron chi connectivity index (χ1n) is 8.44. The summed E-state index contributed by atoms with van der Waals surface area (Å²) < 4.78 is 0. The number of piperidine rings is 1. The van der Waals surface area contributed by atoms with Gasteiger partial charge >= 0.3 is 0 Å². The summed E-state index contributed by atoms with van der Waals surface area (Å²) in [4.78, 5) is 29.4. The van der Waals surface area contributed by atoms with Gasteiger partial charge in [-0.05, 0) is 25.2 Å². The second-order valence-electron chi connectivity index (χ2n) is 6.57. The standard InChI is InChI=1S/C17H24N2O2S/c20-11-15-12-22-17(18-15)14-7-9-19(10-8-14)16(21)6-5-13-3-1-2-4-13/h11-14H,1-10H2. The molecule has 0 spiro atoms. The van der Waals surface area contributed by atoms with Crippen molar-refractivity contribution in [3.8, 4) is 0 Å². The van der Waals surface area contributed by atoms with Crippen LogP contribution >= 0.6 is 11.3 Å². The largest absolute Gasteiger partial charge is 0.343 e. The third-order valence-corrected chi connectivity index (χ3v) is 6.12. The minimum Gasteiger partial charge on any atom is -0.343 e. The van der Waals surface area contributed by atoms with Gasteiger partial charge in [-0.2, -0.15) is 0 Å². The minimum absolute atomic E-state index is 0.332. The summed E-state index contributed by atoms with van der Waals surface area (Å²) in [5.41, 5.74) is 0.537. The molecule has 120 valence electrons. The molecule has 1 saturated heterocycles. The Hall–Kier alpha value is -1.23. The fourth-order valence-electron chi connectivity index (χ4n) is 3.70. The second kappa shape index (κ2) is 7.36. The highest BCUT2D eigenvalue weighted by Gasteiger charge is 2.26. The maximum atomic E-state index is 12.3. The van der Waals surface area contributed by atoms with Gasteiger partial charge in [0.15, 0.2) is 6.29 Å². The molecule has 1 saturated carbocycles. The smallest absolute Gasteiger partial charge is 0.222 e. The molecule has 2 fully saturated rings. The van der Waals surface area contributed by atoms with E-state index in [9.17, 15) is 9.59 Å². The lowest BCUT2D eigenvalue weighted by Crippen LogP contribution is -2.37. The van der Waals surface area contributed by atoms with Crippen LogP contribution in [0, 0.1) is 5.92 Å². The van der Waals surface area contributed by atoms with Crippen molar-refractivity contribution in [3.05, 3.63) is 16.1 Å². The molecular formula is C17H24N2O2S. The maximum absolute atomic E-state index is 12.3. The summed E-state index contributed by atoms with van der Waals surface area (Å²) in [7, 11) is 0. The van der Waals surface area contributed by atoms with Crippen molar-refractivity contribution in [1.29, 1.82) is 0 Å². The molecule has 1 aliphatic carbocycles. The quantitative estimate of drug-likeness (QED) is 0.778. The summed E-state index contributed by atoms with van der Waals surface area (Å²) >= 11 is 1.57. The van der Waals surface area contributed by atoms with Crippen LogP contribution in [0.1, 0.15) is 72.8 Å². The molecule has 4 nitrogen and oxygen atoms in total. The fraction of sp³-hybridized carbons (Fsp3) is 0.706. The van der Waals surface area contributed by atoms with Crippen molar-refractivity contribution in [2.45, 2.75) is 57.3 Å². The zero-order valence-electron chi connectivity index (χ0n) is 13.0. The summed E-state index contributed by atoms with van der Waals surface area (Å²) in [5.74, 6) is 1.54. The maximum Gasteiger partial charge on any atom is 0.222 e. The fourth-order valence-corrected chi connectivity index (χ4v) is 4.64. The number of aldehydes is 1. The summed E-state index contributed by atoms with van der Waals surface area (Å²) in [5, 5.41) is 2.88. The second-order valence-corrected chi connectivity index (χ2v) is 7.46. The van der Waals surface area contributed by atoms with Crippen molar-refractivity contribution in [2.24, 2.45) is 5.92 Å². The van der Waals surface area contributed by atoms with E-state index in [0.29, 0.717) is 17.5 Å². The first-order chi connectivity index (χ1) is 10.8. The highest BCUT2D eigenvalue weighted by Crippen LogP contribution is 2.31. The summed E-state index contributed by atoms with van der Waals surface area (Å²) in [6.45, 7) is 1.67. The molecule has 1 aliphatic heterocycles. The van der Waals surface area contributed by atoms with Gasteiger partial charge in [0.05, 0.1) is 5.01 Å². The molecule has 0 bridgehead atoms. The number of hydrogen-bond acceptors (Lipinski definition) is 4. The lowest BCUT2D eigenvalue weighted by Gasteiger charge is -2.31. The molecule has 1 aromatic heterocycles. The van der Waals surface area contributed by atoms with Gasteiger partial charge < -0.3 is 4.90 Å². The lowest BCUT2D eigenvalue weighted by atomic mass is 9.96. The Bertz CT molecular complexity index is 514. The summed E-state index contributed by atoms with van der Waals surface area (Å²) in [6, 6.07) is 0. The van der Waals surface area contributed by atoms with E-state index in [2.05, 4.69) is 4.98 Å². The normalized spacial score (nSPS) is 20.5. The van der Waals surface area contributed by atoms with E-state index in [4.69, 9.17) is 0 Å².